The number of hydrogen-bond acceptors (Lipinski definition) is 3. The predicted octanol–water partition coefficient (Wildman–Crippen LogP) is 1.78. The maximum atomic E-state index is 11.8. The van der Waals surface area contributed by atoms with Gasteiger partial charge in [0, 0.05) is 5.69 Å². The summed E-state index contributed by atoms with van der Waals surface area (Å²) in [5, 5.41) is 14.6. The standard InChI is InChI=1S/C14H20N2O3/c1-4-14(3,13(18)19)15-9-12(17)16-11-8-6-5-7-10(11)2/h5-8,15H,4,9H2,1-3H3,(H,16,17)(H,18,19). The van der Waals surface area contributed by atoms with Crippen LogP contribution in [0.25, 0.3) is 0 Å². The van der Waals surface area contributed by atoms with Gasteiger partial charge < -0.3 is 10.4 Å². The van der Waals surface area contributed by atoms with Crippen molar-refractivity contribution in [1.29, 1.82) is 0 Å². The molecule has 1 aromatic rings. The zero-order valence-corrected chi connectivity index (χ0v) is 11.5. The van der Waals surface area contributed by atoms with Crippen LogP contribution in [0, 0.1) is 6.92 Å². The van der Waals surface area contributed by atoms with Gasteiger partial charge >= 0.3 is 5.97 Å². The summed E-state index contributed by atoms with van der Waals surface area (Å²) in [6.07, 6.45) is 0.403. The molecule has 3 N–H and O–H groups in total. The molecule has 0 aliphatic rings. The van der Waals surface area contributed by atoms with Crippen LogP contribution in [-0.4, -0.2) is 29.1 Å². The largest absolute Gasteiger partial charge is 0.480 e. The molecular formula is C14H20N2O3. The van der Waals surface area contributed by atoms with Crippen molar-refractivity contribution in [3.63, 3.8) is 0 Å². The summed E-state index contributed by atoms with van der Waals surface area (Å²) in [4.78, 5) is 22.9. The van der Waals surface area contributed by atoms with Gasteiger partial charge in [-0.3, -0.25) is 14.9 Å². The van der Waals surface area contributed by atoms with E-state index in [0.717, 1.165) is 11.3 Å². The lowest BCUT2D eigenvalue weighted by Crippen LogP contribution is -2.51. The first-order valence-corrected chi connectivity index (χ1v) is 6.23. The second kappa shape index (κ2) is 6.33. The monoisotopic (exact) mass is 264 g/mol. The summed E-state index contributed by atoms with van der Waals surface area (Å²) >= 11 is 0. The van der Waals surface area contributed by atoms with Gasteiger partial charge in [0.25, 0.3) is 0 Å². The number of aliphatic carboxylic acids is 1. The number of nitrogens with one attached hydrogen (secondary N) is 2. The molecule has 0 aromatic heterocycles. The van der Waals surface area contributed by atoms with Crippen LogP contribution in [0.5, 0.6) is 0 Å². The second-order valence-corrected chi connectivity index (χ2v) is 4.71. The van der Waals surface area contributed by atoms with E-state index in [2.05, 4.69) is 10.6 Å². The van der Waals surface area contributed by atoms with E-state index in [4.69, 9.17) is 5.11 Å². The third-order valence-corrected chi connectivity index (χ3v) is 3.24. The van der Waals surface area contributed by atoms with Gasteiger partial charge in [-0.15, -0.1) is 0 Å². The highest BCUT2D eigenvalue weighted by Gasteiger charge is 2.30. The van der Waals surface area contributed by atoms with Crippen LogP contribution in [0.15, 0.2) is 24.3 Å². The van der Waals surface area contributed by atoms with Crippen molar-refractivity contribution in [3.8, 4) is 0 Å². The topological polar surface area (TPSA) is 78.4 Å². The number of para-hydroxylation sites is 1. The molecule has 0 saturated heterocycles. The summed E-state index contributed by atoms with van der Waals surface area (Å²) in [6, 6.07) is 7.44. The lowest BCUT2D eigenvalue weighted by Gasteiger charge is -2.24. The molecule has 0 spiro atoms. The van der Waals surface area contributed by atoms with Gasteiger partial charge in [0.05, 0.1) is 6.54 Å². The molecule has 104 valence electrons. The second-order valence-electron chi connectivity index (χ2n) is 4.71. The quantitative estimate of drug-likeness (QED) is 0.731. The van der Waals surface area contributed by atoms with Crippen LogP contribution in [0.1, 0.15) is 25.8 Å². The van der Waals surface area contributed by atoms with Crippen molar-refractivity contribution >= 4 is 17.6 Å². The molecule has 0 aliphatic heterocycles. The van der Waals surface area contributed by atoms with E-state index >= 15 is 0 Å². The molecule has 1 unspecified atom stereocenters. The number of hydrogen-bond donors (Lipinski definition) is 3. The maximum absolute atomic E-state index is 11.8. The number of carbonyl (C=O) groups is 2. The van der Waals surface area contributed by atoms with Gasteiger partial charge in [0.2, 0.25) is 5.91 Å². The van der Waals surface area contributed by atoms with Gasteiger partial charge in [-0.25, -0.2) is 0 Å². The van der Waals surface area contributed by atoms with Crippen LogP contribution in [0.3, 0.4) is 0 Å². The van der Waals surface area contributed by atoms with Crippen molar-refractivity contribution < 1.29 is 14.7 Å². The molecule has 1 rings (SSSR count). The minimum Gasteiger partial charge on any atom is -0.480 e. The highest BCUT2D eigenvalue weighted by atomic mass is 16.4. The Morgan fingerprint density at radius 3 is 2.47 bits per heavy atom. The highest BCUT2D eigenvalue weighted by Crippen LogP contribution is 2.13. The van der Waals surface area contributed by atoms with Gasteiger partial charge in [-0.1, -0.05) is 25.1 Å². The number of carboxylic acid groups (broad SMARTS) is 1. The minimum absolute atomic E-state index is 0.0367. The molecule has 5 heteroatoms. The zero-order valence-electron chi connectivity index (χ0n) is 11.5. The fourth-order valence-corrected chi connectivity index (χ4v) is 1.53. The number of amides is 1. The molecule has 1 atom stereocenters. The van der Waals surface area contributed by atoms with Crippen molar-refractivity contribution in [2.45, 2.75) is 32.7 Å². The lowest BCUT2D eigenvalue weighted by atomic mass is 9.99. The molecule has 5 nitrogen and oxygen atoms in total. The molecule has 0 aliphatic carbocycles. The summed E-state index contributed by atoms with van der Waals surface area (Å²) in [5.74, 6) is -1.21. The number of aryl methyl sites for hydroxylation is 1. The number of carbonyl (C=O) groups excluding carboxylic acids is 1. The van der Waals surface area contributed by atoms with Crippen molar-refractivity contribution in [2.24, 2.45) is 0 Å². The van der Waals surface area contributed by atoms with Crippen LogP contribution < -0.4 is 10.6 Å². The van der Waals surface area contributed by atoms with Crippen molar-refractivity contribution in [1.82, 2.24) is 5.32 Å². The van der Waals surface area contributed by atoms with E-state index in [1.807, 2.05) is 31.2 Å². The smallest absolute Gasteiger partial charge is 0.323 e. The number of benzene rings is 1. The Kier molecular flexibility index (Phi) is 5.06. The first-order chi connectivity index (χ1) is 8.89. The molecule has 0 fully saturated rings. The molecule has 1 aromatic carbocycles. The average molecular weight is 264 g/mol. The lowest BCUT2D eigenvalue weighted by molar-refractivity contribution is -0.144. The van der Waals surface area contributed by atoms with E-state index in [0.29, 0.717) is 6.42 Å². The van der Waals surface area contributed by atoms with Crippen LogP contribution in [0.2, 0.25) is 0 Å². The van der Waals surface area contributed by atoms with Crippen LogP contribution in [0.4, 0.5) is 5.69 Å². The van der Waals surface area contributed by atoms with Gasteiger partial charge in [0.1, 0.15) is 5.54 Å². The highest BCUT2D eigenvalue weighted by molar-refractivity contribution is 5.93. The summed E-state index contributed by atoms with van der Waals surface area (Å²) < 4.78 is 0. The predicted molar refractivity (Wildman–Crippen MR) is 74.1 cm³/mol. The molecule has 0 saturated carbocycles. The Morgan fingerprint density at radius 2 is 1.95 bits per heavy atom. The molecule has 0 radical (unpaired) electrons. The van der Waals surface area contributed by atoms with E-state index in [1.165, 1.54) is 0 Å². The minimum atomic E-state index is -1.08. The fourth-order valence-electron chi connectivity index (χ4n) is 1.53. The van der Waals surface area contributed by atoms with Crippen molar-refractivity contribution in [2.75, 3.05) is 11.9 Å². The van der Waals surface area contributed by atoms with E-state index in [1.54, 1.807) is 13.8 Å². The van der Waals surface area contributed by atoms with Gasteiger partial charge in [-0.2, -0.15) is 0 Å². The molecule has 0 bridgehead atoms. The Morgan fingerprint density at radius 1 is 1.32 bits per heavy atom. The van der Waals surface area contributed by atoms with Gasteiger partial charge in [0.15, 0.2) is 0 Å². The SMILES string of the molecule is CCC(C)(NCC(=O)Nc1ccccc1C)C(=O)O. The zero-order chi connectivity index (χ0) is 14.5. The Hall–Kier alpha value is -1.88. The number of carboxylic acids is 1. The normalized spacial score (nSPS) is 13.6. The Balaban J connectivity index is 2.58. The Labute approximate surface area is 113 Å². The Bertz CT molecular complexity index is 474. The summed E-state index contributed by atoms with van der Waals surface area (Å²) in [5.41, 5.74) is 0.624. The average Bonchev–Trinajstić information content (AvgIpc) is 2.38. The van der Waals surface area contributed by atoms with Crippen LogP contribution in [-0.2, 0) is 9.59 Å². The number of anilines is 1. The molecular weight excluding hydrogens is 244 g/mol. The molecule has 0 heterocycles. The summed E-state index contributed by atoms with van der Waals surface area (Å²) in [6.45, 7) is 5.19. The maximum Gasteiger partial charge on any atom is 0.323 e. The number of rotatable bonds is 6. The third-order valence-electron chi connectivity index (χ3n) is 3.24. The van der Waals surface area contributed by atoms with Gasteiger partial charge in [-0.05, 0) is 31.9 Å². The first kappa shape index (κ1) is 15.2. The first-order valence-electron chi connectivity index (χ1n) is 6.23. The van der Waals surface area contributed by atoms with Crippen molar-refractivity contribution in [3.05, 3.63) is 29.8 Å². The fraction of sp³-hybridized carbons (Fsp3) is 0.429. The molecule has 1 amide bonds. The van der Waals surface area contributed by atoms with E-state index < -0.39 is 11.5 Å². The van der Waals surface area contributed by atoms with Crippen LogP contribution >= 0.6 is 0 Å². The van der Waals surface area contributed by atoms with E-state index in [-0.39, 0.29) is 12.5 Å². The molecule has 19 heavy (non-hydrogen) atoms. The van der Waals surface area contributed by atoms with E-state index in [9.17, 15) is 9.59 Å². The third kappa shape index (κ3) is 4.06. The summed E-state index contributed by atoms with van der Waals surface area (Å²) in [7, 11) is 0.